The van der Waals surface area contributed by atoms with Crippen LogP contribution in [-0.2, 0) is 4.74 Å². The number of unbranched alkanes of at least 4 members (excludes halogenated alkanes) is 1. The fraction of sp³-hybridized carbons (Fsp3) is 0.417. The molecule has 80 valence electrons. The van der Waals surface area contributed by atoms with E-state index in [2.05, 4.69) is 6.92 Å². The van der Waals surface area contributed by atoms with E-state index < -0.39 is 0 Å². The molecule has 0 aromatic heterocycles. The number of ether oxygens (including phenoxy) is 1. The molecular formula is C12H14O3. The van der Waals surface area contributed by atoms with Gasteiger partial charge in [0.05, 0.1) is 5.56 Å². The summed E-state index contributed by atoms with van der Waals surface area (Å²) in [7, 11) is 0. The van der Waals surface area contributed by atoms with Crippen LogP contribution in [0.25, 0.3) is 0 Å². The van der Waals surface area contributed by atoms with Crippen LogP contribution in [0.15, 0.2) is 18.2 Å². The average Bonchev–Trinajstić information content (AvgIpc) is 2.52. The zero-order chi connectivity index (χ0) is 10.8. The molecule has 1 aliphatic heterocycles. The Kier molecular flexibility index (Phi) is 2.62. The standard InChI is InChI=1S/C12H14O3/c1-2-3-4-11-10-7-8(13)5-6-9(10)12(14)15-11/h5-7,11,13H,2-4H2,1H3. The Morgan fingerprint density at radius 1 is 1.47 bits per heavy atom. The average molecular weight is 206 g/mol. The number of benzene rings is 1. The highest BCUT2D eigenvalue weighted by Crippen LogP contribution is 2.35. The summed E-state index contributed by atoms with van der Waals surface area (Å²) in [6, 6.07) is 4.77. The molecule has 0 spiro atoms. The number of aromatic hydroxyl groups is 1. The maximum absolute atomic E-state index is 11.4. The van der Waals surface area contributed by atoms with Gasteiger partial charge in [0.15, 0.2) is 0 Å². The number of esters is 1. The minimum atomic E-state index is -0.272. The molecule has 15 heavy (non-hydrogen) atoms. The molecule has 1 aromatic carbocycles. The Bertz CT molecular complexity index is 384. The van der Waals surface area contributed by atoms with Gasteiger partial charge in [-0.1, -0.05) is 13.3 Å². The Hall–Kier alpha value is -1.51. The van der Waals surface area contributed by atoms with Crippen molar-refractivity contribution in [1.29, 1.82) is 0 Å². The molecule has 0 aliphatic carbocycles. The first-order valence-electron chi connectivity index (χ1n) is 5.26. The van der Waals surface area contributed by atoms with Crippen molar-refractivity contribution in [2.45, 2.75) is 32.3 Å². The van der Waals surface area contributed by atoms with Gasteiger partial charge in [-0.05, 0) is 31.0 Å². The number of cyclic esters (lactones) is 1. The normalized spacial score (nSPS) is 18.7. The fourth-order valence-corrected chi connectivity index (χ4v) is 1.86. The van der Waals surface area contributed by atoms with Crippen LogP contribution < -0.4 is 0 Å². The first kappa shape index (κ1) is 10.0. The van der Waals surface area contributed by atoms with Crippen LogP contribution in [0.3, 0.4) is 0 Å². The Labute approximate surface area is 88.7 Å². The van der Waals surface area contributed by atoms with Gasteiger partial charge < -0.3 is 9.84 Å². The van der Waals surface area contributed by atoms with E-state index in [1.807, 2.05) is 0 Å². The maximum atomic E-state index is 11.4. The van der Waals surface area contributed by atoms with Crippen molar-refractivity contribution in [2.24, 2.45) is 0 Å². The molecule has 0 bridgehead atoms. The molecule has 0 radical (unpaired) electrons. The van der Waals surface area contributed by atoms with Gasteiger partial charge >= 0.3 is 5.97 Å². The van der Waals surface area contributed by atoms with Crippen LogP contribution >= 0.6 is 0 Å². The van der Waals surface area contributed by atoms with E-state index in [4.69, 9.17) is 4.74 Å². The Morgan fingerprint density at radius 3 is 3.00 bits per heavy atom. The Morgan fingerprint density at radius 2 is 2.27 bits per heavy atom. The zero-order valence-corrected chi connectivity index (χ0v) is 8.69. The summed E-state index contributed by atoms with van der Waals surface area (Å²) in [5, 5.41) is 9.36. The highest BCUT2D eigenvalue weighted by molar-refractivity contribution is 5.94. The van der Waals surface area contributed by atoms with Gasteiger partial charge in [-0.15, -0.1) is 0 Å². The van der Waals surface area contributed by atoms with E-state index in [9.17, 15) is 9.90 Å². The lowest BCUT2D eigenvalue weighted by molar-refractivity contribution is 0.0364. The number of hydrogen-bond acceptors (Lipinski definition) is 3. The number of hydrogen-bond donors (Lipinski definition) is 1. The number of phenols is 1. The monoisotopic (exact) mass is 206 g/mol. The van der Waals surface area contributed by atoms with Gasteiger partial charge in [0.2, 0.25) is 0 Å². The number of rotatable bonds is 3. The zero-order valence-electron chi connectivity index (χ0n) is 8.69. The van der Waals surface area contributed by atoms with E-state index in [0.717, 1.165) is 24.8 Å². The Balaban J connectivity index is 2.27. The number of carbonyl (C=O) groups is 1. The molecule has 0 amide bonds. The van der Waals surface area contributed by atoms with E-state index in [1.54, 1.807) is 12.1 Å². The van der Waals surface area contributed by atoms with Crippen LogP contribution in [0.1, 0.15) is 48.2 Å². The second-order valence-electron chi connectivity index (χ2n) is 3.81. The summed E-state index contributed by atoms with van der Waals surface area (Å²) in [6.07, 6.45) is 2.76. The summed E-state index contributed by atoms with van der Waals surface area (Å²) >= 11 is 0. The molecule has 3 heteroatoms. The largest absolute Gasteiger partial charge is 0.508 e. The van der Waals surface area contributed by atoms with Crippen molar-refractivity contribution in [3.05, 3.63) is 29.3 Å². The molecule has 1 heterocycles. The highest BCUT2D eigenvalue weighted by atomic mass is 16.5. The minimum Gasteiger partial charge on any atom is -0.508 e. The summed E-state index contributed by atoms with van der Waals surface area (Å²) in [5.41, 5.74) is 1.42. The van der Waals surface area contributed by atoms with Crippen LogP contribution in [0.2, 0.25) is 0 Å². The van der Waals surface area contributed by atoms with Crippen molar-refractivity contribution in [2.75, 3.05) is 0 Å². The van der Waals surface area contributed by atoms with Crippen molar-refractivity contribution in [3.8, 4) is 5.75 Å². The first-order valence-corrected chi connectivity index (χ1v) is 5.26. The molecule has 1 aromatic rings. The topological polar surface area (TPSA) is 46.5 Å². The third kappa shape index (κ3) is 1.82. The van der Waals surface area contributed by atoms with Crippen molar-refractivity contribution >= 4 is 5.97 Å². The molecule has 0 saturated carbocycles. The van der Waals surface area contributed by atoms with Crippen molar-refractivity contribution in [1.82, 2.24) is 0 Å². The van der Waals surface area contributed by atoms with Crippen molar-refractivity contribution < 1.29 is 14.6 Å². The SMILES string of the molecule is CCCCC1OC(=O)c2ccc(O)cc21. The summed E-state index contributed by atoms with van der Waals surface area (Å²) < 4.78 is 5.24. The number of fused-ring (bicyclic) bond motifs is 1. The third-order valence-electron chi connectivity index (χ3n) is 2.67. The van der Waals surface area contributed by atoms with Crippen LogP contribution in [-0.4, -0.2) is 11.1 Å². The molecule has 1 atom stereocenters. The van der Waals surface area contributed by atoms with E-state index in [1.165, 1.54) is 6.07 Å². The smallest absolute Gasteiger partial charge is 0.339 e. The maximum Gasteiger partial charge on any atom is 0.339 e. The predicted octanol–water partition coefficient (Wildman–Crippen LogP) is 2.79. The molecule has 1 aliphatic rings. The van der Waals surface area contributed by atoms with Crippen molar-refractivity contribution in [3.63, 3.8) is 0 Å². The molecule has 0 saturated heterocycles. The molecule has 2 rings (SSSR count). The van der Waals surface area contributed by atoms with E-state index in [0.29, 0.717) is 5.56 Å². The summed E-state index contributed by atoms with van der Waals surface area (Å²) in [5.74, 6) is -0.0837. The number of phenolic OH excluding ortho intramolecular Hbond substituents is 1. The quantitative estimate of drug-likeness (QED) is 0.773. The lowest BCUT2D eigenvalue weighted by atomic mass is 10.0. The van der Waals surface area contributed by atoms with Gasteiger partial charge in [-0.2, -0.15) is 0 Å². The number of carbonyl (C=O) groups excluding carboxylic acids is 1. The second-order valence-corrected chi connectivity index (χ2v) is 3.81. The van der Waals surface area contributed by atoms with Gasteiger partial charge in [-0.3, -0.25) is 0 Å². The van der Waals surface area contributed by atoms with E-state index >= 15 is 0 Å². The highest BCUT2D eigenvalue weighted by Gasteiger charge is 2.30. The summed E-state index contributed by atoms with van der Waals surface area (Å²) in [4.78, 5) is 11.4. The predicted molar refractivity (Wildman–Crippen MR) is 55.8 cm³/mol. The van der Waals surface area contributed by atoms with Crippen LogP contribution in [0.4, 0.5) is 0 Å². The van der Waals surface area contributed by atoms with Crippen LogP contribution in [0, 0.1) is 0 Å². The van der Waals surface area contributed by atoms with Gasteiger partial charge in [0.25, 0.3) is 0 Å². The first-order chi connectivity index (χ1) is 7.22. The lowest BCUT2D eigenvalue weighted by Crippen LogP contribution is -1.98. The van der Waals surface area contributed by atoms with Crippen LogP contribution in [0.5, 0.6) is 5.75 Å². The summed E-state index contributed by atoms with van der Waals surface area (Å²) in [6.45, 7) is 2.10. The second kappa shape index (κ2) is 3.93. The van der Waals surface area contributed by atoms with Gasteiger partial charge in [0.1, 0.15) is 11.9 Å². The van der Waals surface area contributed by atoms with Gasteiger partial charge in [0, 0.05) is 5.56 Å². The third-order valence-corrected chi connectivity index (χ3v) is 2.67. The molecule has 0 fully saturated rings. The van der Waals surface area contributed by atoms with Gasteiger partial charge in [-0.25, -0.2) is 4.79 Å². The molecular weight excluding hydrogens is 192 g/mol. The molecule has 3 nitrogen and oxygen atoms in total. The van der Waals surface area contributed by atoms with E-state index in [-0.39, 0.29) is 17.8 Å². The molecule has 1 unspecified atom stereocenters. The molecule has 1 N–H and O–H groups in total. The minimum absolute atomic E-state index is 0.167. The fourth-order valence-electron chi connectivity index (χ4n) is 1.86. The lowest BCUT2D eigenvalue weighted by Gasteiger charge is -2.09.